The van der Waals surface area contributed by atoms with Crippen molar-refractivity contribution in [2.45, 2.75) is 12.8 Å². The van der Waals surface area contributed by atoms with Gasteiger partial charge < -0.3 is 5.32 Å². The second kappa shape index (κ2) is 3.58. The quantitative estimate of drug-likeness (QED) is 0.440. The molecule has 1 rings (SSSR count). The van der Waals surface area contributed by atoms with Crippen LogP contribution in [0.4, 0.5) is 0 Å². The summed E-state index contributed by atoms with van der Waals surface area (Å²) in [5, 5.41) is 3.22. The minimum Gasteiger partial charge on any atom is -0.317 e. The highest BCUT2D eigenvalue weighted by Crippen LogP contribution is 1.90. The summed E-state index contributed by atoms with van der Waals surface area (Å²) < 4.78 is 0. The fourth-order valence-electron chi connectivity index (χ4n) is 0.625. The van der Waals surface area contributed by atoms with Gasteiger partial charge in [-0.25, -0.2) is 0 Å². The van der Waals surface area contributed by atoms with Crippen molar-refractivity contribution in [3.05, 3.63) is 0 Å². The lowest BCUT2D eigenvalue weighted by atomic mass is 10.4. The van der Waals surface area contributed by atoms with E-state index in [2.05, 4.69) is 5.32 Å². The molecule has 1 atom stereocenters. The van der Waals surface area contributed by atoms with Crippen molar-refractivity contribution in [2.24, 2.45) is 0 Å². The van der Waals surface area contributed by atoms with Crippen LogP contribution in [0.1, 0.15) is 12.8 Å². The zero-order valence-electron chi connectivity index (χ0n) is 4.04. The third-order valence-corrected chi connectivity index (χ3v) is 0.957. The SMILES string of the molecule is C1CCNC1.P. The first-order valence-corrected chi connectivity index (χ1v) is 2.21. The smallest absolute Gasteiger partial charge is 0.00484 e. The molecule has 0 amide bonds. The highest BCUT2D eigenvalue weighted by atomic mass is 31.0. The van der Waals surface area contributed by atoms with Crippen molar-refractivity contribution < 1.29 is 0 Å². The summed E-state index contributed by atoms with van der Waals surface area (Å²) in [7, 11) is 0. The zero-order chi connectivity index (χ0) is 3.54. The van der Waals surface area contributed by atoms with Crippen LogP contribution in [0.5, 0.6) is 0 Å². The van der Waals surface area contributed by atoms with E-state index in [0.717, 1.165) is 0 Å². The van der Waals surface area contributed by atoms with Crippen molar-refractivity contribution >= 4 is 9.90 Å². The van der Waals surface area contributed by atoms with Crippen molar-refractivity contribution in [1.29, 1.82) is 0 Å². The summed E-state index contributed by atoms with van der Waals surface area (Å²) in [6.45, 7) is 2.50. The van der Waals surface area contributed by atoms with E-state index < -0.39 is 0 Å². The molecule has 0 aromatic carbocycles. The monoisotopic (exact) mass is 105 g/mol. The molecule has 0 bridgehead atoms. The van der Waals surface area contributed by atoms with Gasteiger partial charge in [-0.05, 0) is 25.9 Å². The molecule has 6 heavy (non-hydrogen) atoms. The van der Waals surface area contributed by atoms with Gasteiger partial charge in [0.2, 0.25) is 0 Å². The standard InChI is InChI=1S/C4H9N.H3P/c1-2-4-5-3-1;/h5H,1-4H2;1H3. The summed E-state index contributed by atoms with van der Waals surface area (Å²) in [4.78, 5) is 0. The first kappa shape index (κ1) is 6.39. The van der Waals surface area contributed by atoms with Gasteiger partial charge in [0, 0.05) is 0 Å². The maximum Gasteiger partial charge on any atom is -0.00484 e. The van der Waals surface area contributed by atoms with Gasteiger partial charge in [0.1, 0.15) is 0 Å². The Hall–Kier alpha value is 0.390. The normalized spacial score (nSPS) is 20.0. The molecule has 0 aliphatic carbocycles. The Morgan fingerprint density at radius 1 is 1.00 bits per heavy atom. The van der Waals surface area contributed by atoms with Crippen molar-refractivity contribution in [3.8, 4) is 0 Å². The summed E-state index contributed by atoms with van der Waals surface area (Å²) in [6.07, 6.45) is 2.78. The minimum absolute atomic E-state index is 0. The lowest BCUT2D eigenvalue weighted by molar-refractivity contribution is 0.857. The molecule has 1 nitrogen and oxygen atoms in total. The topological polar surface area (TPSA) is 12.0 Å². The molecule has 1 aliphatic heterocycles. The molecular weight excluding hydrogens is 93.0 g/mol. The fraction of sp³-hybridized carbons (Fsp3) is 1.00. The third kappa shape index (κ3) is 1.74. The first-order valence-electron chi connectivity index (χ1n) is 2.21. The van der Waals surface area contributed by atoms with Crippen LogP contribution in [0.15, 0.2) is 0 Å². The van der Waals surface area contributed by atoms with E-state index >= 15 is 0 Å². The van der Waals surface area contributed by atoms with Gasteiger partial charge >= 0.3 is 0 Å². The molecule has 0 aromatic heterocycles. The van der Waals surface area contributed by atoms with Crippen LogP contribution < -0.4 is 5.32 Å². The van der Waals surface area contributed by atoms with E-state index in [4.69, 9.17) is 0 Å². The molecule has 1 saturated heterocycles. The Labute approximate surface area is 42.1 Å². The predicted molar refractivity (Wildman–Crippen MR) is 33.2 cm³/mol. The highest BCUT2D eigenvalue weighted by molar-refractivity contribution is 6.92. The molecule has 0 radical (unpaired) electrons. The van der Waals surface area contributed by atoms with E-state index in [1.165, 1.54) is 25.9 Å². The third-order valence-electron chi connectivity index (χ3n) is 0.957. The number of hydrogen-bond donors (Lipinski definition) is 1. The van der Waals surface area contributed by atoms with Crippen molar-refractivity contribution in [3.63, 3.8) is 0 Å². The van der Waals surface area contributed by atoms with Crippen LogP contribution in [-0.2, 0) is 0 Å². The Bertz CT molecular complexity index is 19.1. The molecule has 1 unspecified atom stereocenters. The van der Waals surface area contributed by atoms with Crippen LogP contribution in [0.3, 0.4) is 0 Å². The largest absolute Gasteiger partial charge is 0.317 e. The number of rotatable bonds is 0. The summed E-state index contributed by atoms with van der Waals surface area (Å²) in [6, 6.07) is 0. The molecule has 1 fully saturated rings. The summed E-state index contributed by atoms with van der Waals surface area (Å²) in [5.74, 6) is 0. The maximum atomic E-state index is 3.22. The minimum atomic E-state index is 0. The molecular formula is C4H12NP. The van der Waals surface area contributed by atoms with Gasteiger partial charge in [-0.3, -0.25) is 0 Å². The molecule has 1 N–H and O–H groups in total. The van der Waals surface area contributed by atoms with Gasteiger partial charge in [0.05, 0.1) is 0 Å². The van der Waals surface area contributed by atoms with Crippen LogP contribution in [0.2, 0.25) is 0 Å². The molecule has 38 valence electrons. The Kier molecular flexibility index (Phi) is 3.81. The fourth-order valence-corrected chi connectivity index (χ4v) is 0.625. The molecule has 1 aliphatic rings. The average Bonchev–Trinajstić information content (AvgIpc) is 1.76. The Morgan fingerprint density at radius 2 is 1.50 bits per heavy atom. The Morgan fingerprint density at radius 3 is 1.67 bits per heavy atom. The number of hydrogen-bond acceptors (Lipinski definition) is 1. The summed E-state index contributed by atoms with van der Waals surface area (Å²) in [5.41, 5.74) is 0. The van der Waals surface area contributed by atoms with E-state index in [9.17, 15) is 0 Å². The van der Waals surface area contributed by atoms with E-state index in [-0.39, 0.29) is 9.90 Å². The second-order valence-electron chi connectivity index (χ2n) is 1.46. The van der Waals surface area contributed by atoms with Crippen molar-refractivity contribution in [2.75, 3.05) is 13.1 Å². The molecule has 0 aromatic rings. The first-order chi connectivity index (χ1) is 2.50. The van der Waals surface area contributed by atoms with Crippen LogP contribution in [-0.4, -0.2) is 13.1 Å². The lowest BCUT2D eigenvalue weighted by Crippen LogP contribution is -2.03. The van der Waals surface area contributed by atoms with Gasteiger partial charge in [-0.1, -0.05) is 0 Å². The molecule has 1 heterocycles. The predicted octanol–water partition coefficient (Wildman–Crippen LogP) is 0.428. The van der Waals surface area contributed by atoms with E-state index in [1.54, 1.807) is 0 Å². The average molecular weight is 105 g/mol. The molecule has 0 saturated carbocycles. The summed E-state index contributed by atoms with van der Waals surface area (Å²) >= 11 is 0. The van der Waals surface area contributed by atoms with E-state index in [0.29, 0.717) is 0 Å². The van der Waals surface area contributed by atoms with Gasteiger partial charge in [-0.15, -0.1) is 0 Å². The van der Waals surface area contributed by atoms with Crippen LogP contribution in [0, 0.1) is 0 Å². The van der Waals surface area contributed by atoms with Crippen LogP contribution >= 0.6 is 9.90 Å². The number of nitrogens with one attached hydrogen (secondary N) is 1. The maximum absolute atomic E-state index is 3.22. The van der Waals surface area contributed by atoms with Gasteiger partial charge in [0.15, 0.2) is 0 Å². The molecule has 0 spiro atoms. The molecule has 2 heteroatoms. The van der Waals surface area contributed by atoms with Crippen LogP contribution in [0.25, 0.3) is 0 Å². The second-order valence-corrected chi connectivity index (χ2v) is 1.46. The zero-order valence-corrected chi connectivity index (χ0v) is 5.45. The highest BCUT2D eigenvalue weighted by Gasteiger charge is 1.93. The van der Waals surface area contributed by atoms with Gasteiger partial charge in [0.25, 0.3) is 0 Å². The van der Waals surface area contributed by atoms with Gasteiger partial charge in [-0.2, -0.15) is 9.90 Å². The Balaban J connectivity index is 0.000000250. The van der Waals surface area contributed by atoms with E-state index in [1.807, 2.05) is 0 Å². The van der Waals surface area contributed by atoms with Crippen molar-refractivity contribution in [1.82, 2.24) is 5.32 Å². The lowest BCUT2D eigenvalue weighted by Gasteiger charge is -1.76.